The lowest BCUT2D eigenvalue weighted by atomic mass is 10.1. The molecule has 0 saturated carbocycles. The first-order valence-corrected chi connectivity index (χ1v) is 9.29. The summed E-state index contributed by atoms with van der Waals surface area (Å²) in [5.74, 6) is -0.657. The predicted octanol–water partition coefficient (Wildman–Crippen LogP) is 2.38. The third kappa shape index (κ3) is 4.36. The molecule has 1 aliphatic rings. The van der Waals surface area contributed by atoms with Crippen molar-refractivity contribution in [1.29, 1.82) is 0 Å². The minimum Gasteiger partial charge on any atom is -0.467 e. The van der Waals surface area contributed by atoms with Crippen LogP contribution in [0.4, 0.5) is 0 Å². The zero-order chi connectivity index (χ0) is 17.7. The van der Waals surface area contributed by atoms with Crippen molar-refractivity contribution in [1.82, 2.24) is 4.90 Å². The van der Waals surface area contributed by atoms with Gasteiger partial charge in [0.2, 0.25) is 5.91 Å². The van der Waals surface area contributed by atoms with Crippen molar-refractivity contribution < 1.29 is 27.9 Å². The lowest BCUT2D eigenvalue weighted by Crippen LogP contribution is -2.42. The number of nitrogens with zero attached hydrogens (tertiary/aromatic N) is 1. The summed E-state index contributed by atoms with van der Waals surface area (Å²) in [7, 11) is -1.04. The third-order valence-corrected chi connectivity index (χ3v) is 6.05. The maximum Gasteiger partial charge on any atom is 0.392 e. The van der Waals surface area contributed by atoms with Gasteiger partial charge in [0.05, 0.1) is 7.11 Å². The van der Waals surface area contributed by atoms with Gasteiger partial charge < -0.3 is 14.2 Å². The second-order valence-electron chi connectivity index (χ2n) is 5.71. The number of methoxy groups -OCH3 is 1. The lowest BCUT2D eigenvalue weighted by Gasteiger charge is -2.33. The Bertz CT molecular complexity index is 644. The number of ether oxygens (including phenoxy) is 1. The smallest absolute Gasteiger partial charge is 0.392 e. The van der Waals surface area contributed by atoms with E-state index in [1.165, 1.54) is 12.0 Å². The van der Waals surface area contributed by atoms with E-state index in [-0.39, 0.29) is 5.91 Å². The van der Waals surface area contributed by atoms with Gasteiger partial charge in [-0.15, -0.1) is 0 Å². The number of esters is 1. The molecule has 1 aliphatic heterocycles. The fraction of sp³-hybridized carbons (Fsp3) is 0.500. The van der Waals surface area contributed by atoms with E-state index in [2.05, 4.69) is 4.74 Å². The summed E-state index contributed by atoms with van der Waals surface area (Å²) in [6.45, 7) is 1.97. The van der Waals surface area contributed by atoms with Crippen LogP contribution in [0.15, 0.2) is 24.3 Å². The van der Waals surface area contributed by atoms with Gasteiger partial charge in [0.1, 0.15) is 5.75 Å². The normalized spacial score (nSPS) is 20.4. The summed E-state index contributed by atoms with van der Waals surface area (Å²) < 4.78 is 28.7. The Kier molecular flexibility index (Phi) is 6.02. The first-order valence-electron chi connectivity index (χ1n) is 7.68. The van der Waals surface area contributed by atoms with Crippen LogP contribution in [0.1, 0.15) is 18.4 Å². The van der Waals surface area contributed by atoms with Crippen molar-refractivity contribution in [3.8, 4) is 5.75 Å². The highest BCUT2D eigenvalue weighted by Crippen LogP contribution is 2.55. The zero-order valence-electron chi connectivity index (χ0n) is 14.1. The molecule has 1 amide bonds. The van der Waals surface area contributed by atoms with Gasteiger partial charge in [-0.25, -0.2) is 9.36 Å². The minimum absolute atomic E-state index is 0.304. The van der Waals surface area contributed by atoms with Crippen LogP contribution in [0.3, 0.4) is 0 Å². The van der Waals surface area contributed by atoms with Gasteiger partial charge in [-0.05, 0) is 31.9 Å². The lowest BCUT2D eigenvalue weighted by molar-refractivity contribution is -0.143. The van der Waals surface area contributed by atoms with Crippen LogP contribution in [0.2, 0.25) is 0 Å². The second-order valence-corrected chi connectivity index (χ2v) is 7.86. The van der Waals surface area contributed by atoms with Gasteiger partial charge in [-0.1, -0.05) is 17.7 Å². The number of carbonyl (C=O) groups is 2. The highest BCUT2D eigenvalue weighted by atomic mass is 31.2. The van der Waals surface area contributed by atoms with Crippen molar-refractivity contribution in [3.05, 3.63) is 29.8 Å². The molecule has 1 saturated heterocycles. The molecule has 8 heteroatoms. The van der Waals surface area contributed by atoms with E-state index in [9.17, 15) is 14.2 Å². The Labute approximate surface area is 141 Å². The molecule has 2 rings (SSSR count). The molecule has 1 aromatic carbocycles. The predicted molar refractivity (Wildman–Crippen MR) is 88.0 cm³/mol. The largest absolute Gasteiger partial charge is 0.467 e. The molecule has 0 spiro atoms. The van der Waals surface area contributed by atoms with Crippen molar-refractivity contribution in [3.63, 3.8) is 0 Å². The van der Waals surface area contributed by atoms with Crippen LogP contribution in [0, 0.1) is 6.92 Å². The summed E-state index contributed by atoms with van der Waals surface area (Å²) in [4.78, 5) is 25.3. The van der Waals surface area contributed by atoms with Gasteiger partial charge >= 0.3 is 13.6 Å². The SMILES string of the molecule is COC(=O)COP(=O)(Oc1ccc(C)cc1)C1CCCN(C)C1=O. The molecule has 0 N–H and O–H groups in total. The molecule has 1 heterocycles. The van der Waals surface area contributed by atoms with E-state index in [1.807, 2.05) is 6.92 Å². The molecular formula is C16H22NO6P. The first kappa shape index (κ1) is 18.5. The summed E-state index contributed by atoms with van der Waals surface area (Å²) in [6, 6.07) is 6.91. The topological polar surface area (TPSA) is 82.1 Å². The first-order chi connectivity index (χ1) is 11.4. The number of aryl methyl sites for hydroxylation is 1. The summed E-state index contributed by atoms with van der Waals surface area (Å²) in [6.07, 6.45) is 1.07. The standard InChI is InChI=1S/C16H22NO6P/c1-12-6-8-13(9-7-12)23-24(20,22-11-15(18)21-3)14-5-4-10-17(2)16(14)19/h6-9,14H,4-5,10-11H2,1-3H3. The molecule has 0 aromatic heterocycles. The number of carbonyl (C=O) groups excluding carboxylic acids is 2. The van der Waals surface area contributed by atoms with Crippen LogP contribution in [0.5, 0.6) is 5.75 Å². The number of piperidine rings is 1. The van der Waals surface area contributed by atoms with Gasteiger partial charge in [0, 0.05) is 13.6 Å². The quantitative estimate of drug-likeness (QED) is 0.576. The van der Waals surface area contributed by atoms with Gasteiger partial charge in [-0.2, -0.15) is 0 Å². The molecule has 0 radical (unpaired) electrons. The van der Waals surface area contributed by atoms with Crippen molar-refractivity contribution in [2.75, 3.05) is 27.3 Å². The fourth-order valence-corrected chi connectivity index (χ4v) is 4.46. The van der Waals surface area contributed by atoms with Crippen molar-refractivity contribution in [2.45, 2.75) is 25.4 Å². The van der Waals surface area contributed by atoms with E-state index in [0.29, 0.717) is 25.1 Å². The molecule has 0 bridgehead atoms. The molecular weight excluding hydrogens is 333 g/mol. The number of benzene rings is 1. The summed E-state index contributed by atoms with van der Waals surface area (Å²) in [5.41, 5.74) is 0.0864. The van der Waals surface area contributed by atoms with E-state index < -0.39 is 25.8 Å². The number of likely N-dealkylation sites (tertiary alicyclic amines) is 1. The molecule has 132 valence electrons. The van der Waals surface area contributed by atoms with Crippen LogP contribution >= 0.6 is 7.60 Å². The van der Waals surface area contributed by atoms with Crippen LogP contribution in [-0.4, -0.2) is 49.7 Å². The Morgan fingerprint density at radius 3 is 2.62 bits per heavy atom. The zero-order valence-corrected chi connectivity index (χ0v) is 15.0. The molecule has 0 aliphatic carbocycles. The molecule has 2 unspecified atom stereocenters. The van der Waals surface area contributed by atoms with E-state index >= 15 is 0 Å². The number of hydrogen-bond donors (Lipinski definition) is 0. The maximum atomic E-state index is 13.3. The van der Waals surface area contributed by atoms with E-state index in [4.69, 9.17) is 9.05 Å². The monoisotopic (exact) mass is 355 g/mol. The Morgan fingerprint density at radius 2 is 2.00 bits per heavy atom. The third-order valence-electron chi connectivity index (χ3n) is 3.86. The second kappa shape index (κ2) is 7.81. The van der Waals surface area contributed by atoms with E-state index in [1.54, 1.807) is 31.3 Å². The highest BCUT2D eigenvalue weighted by Gasteiger charge is 2.46. The Morgan fingerprint density at radius 1 is 1.33 bits per heavy atom. The van der Waals surface area contributed by atoms with Crippen LogP contribution < -0.4 is 4.52 Å². The minimum atomic E-state index is -3.88. The molecule has 24 heavy (non-hydrogen) atoms. The number of amides is 1. The highest BCUT2D eigenvalue weighted by molar-refractivity contribution is 7.56. The number of rotatable bonds is 6. The Hall–Kier alpha value is -1.85. The fourth-order valence-electron chi connectivity index (χ4n) is 2.43. The summed E-state index contributed by atoms with van der Waals surface area (Å²) >= 11 is 0. The maximum absolute atomic E-state index is 13.3. The van der Waals surface area contributed by atoms with Crippen molar-refractivity contribution >= 4 is 19.5 Å². The van der Waals surface area contributed by atoms with E-state index in [0.717, 1.165) is 5.56 Å². The average molecular weight is 355 g/mol. The number of hydrogen-bond acceptors (Lipinski definition) is 6. The van der Waals surface area contributed by atoms with Gasteiger partial charge in [0.15, 0.2) is 12.3 Å². The van der Waals surface area contributed by atoms with Gasteiger partial charge in [0.25, 0.3) is 0 Å². The molecule has 1 aromatic rings. The molecule has 7 nitrogen and oxygen atoms in total. The molecule has 2 atom stereocenters. The molecule has 1 fully saturated rings. The van der Waals surface area contributed by atoms with Crippen molar-refractivity contribution in [2.24, 2.45) is 0 Å². The van der Waals surface area contributed by atoms with Crippen LogP contribution in [0.25, 0.3) is 0 Å². The van der Waals surface area contributed by atoms with Gasteiger partial charge in [-0.3, -0.25) is 9.32 Å². The van der Waals surface area contributed by atoms with Crippen LogP contribution in [-0.2, 0) is 23.4 Å². The average Bonchev–Trinajstić information content (AvgIpc) is 2.57. The Balaban J connectivity index is 2.26. The summed E-state index contributed by atoms with van der Waals surface area (Å²) in [5, 5.41) is 0.